The highest BCUT2D eigenvalue weighted by Gasteiger charge is 2.29. The maximum atomic E-state index is 12.8. The molecule has 2 heterocycles. The van der Waals surface area contributed by atoms with Crippen molar-refractivity contribution < 1.29 is 4.79 Å². The molecule has 0 bridgehead atoms. The molecule has 0 atom stereocenters. The maximum Gasteiger partial charge on any atom is 0.270 e. The molecule has 1 saturated carbocycles. The number of nitrogens with one attached hydrogen (secondary N) is 1. The van der Waals surface area contributed by atoms with Crippen LogP contribution < -0.4 is 10.9 Å². The predicted octanol–water partition coefficient (Wildman–Crippen LogP) is 4.18. The molecule has 6 nitrogen and oxygen atoms in total. The first-order valence-corrected chi connectivity index (χ1v) is 10.6. The van der Waals surface area contributed by atoms with Gasteiger partial charge in [0.2, 0.25) is 0 Å². The van der Waals surface area contributed by atoms with Crippen LogP contribution in [0.1, 0.15) is 34.8 Å². The summed E-state index contributed by atoms with van der Waals surface area (Å²) in [5, 5.41) is 8.26. The van der Waals surface area contributed by atoms with Gasteiger partial charge in [-0.15, -0.1) is 0 Å². The van der Waals surface area contributed by atoms with Gasteiger partial charge in [-0.1, -0.05) is 22.0 Å². The van der Waals surface area contributed by atoms with Crippen LogP contribution in [0.2, 0.25) is 0 Å². The third kappa shape index (κ3) is 3.15. The van der Waals surface area contributed by atoms with E-state index >= 15 is 0 Å². The monoisotopic (exact) mass is 462 g/mol. The molecule has 1 aliphatic rings. The highest BCUT2D eigenvalue weighted by Crippen LogP contribution is 2.44. The molecule has 0 saturated heterocycles. The van der Waals surface area contributed by atoms with Crippen molar-refractivity contribution in [3.05, 3.63) is 86.9 Å². The third-order valence-corrected chi connectivity index (χ3v) is 5.96. The lowest BCUT2D eigenvalue weighted by Crippen LogP contribution is -2.22. The van der Waals surface area contributed by atoms with E-state index in [0.717, 1.165) is 39.6 Å². The van der Waals surface area contributed by atoms with Crippen LogP contribution in [0.25, 0.3) is 22.3 Å². The van der Waals surface area contributed by atoms with E-state index in [0.29, 0.717) is 17.1 Å². The minimum absolute atomic E-state index is 0.0855. The van der Waals surface area contributed by atoms with Crippen molar-refractivity contribution in [1.82, 2.24) is 19.7 Å². The number of pyridine rings is 1. The number of amides is 1. The number of hydrogen-bond donors (Lipinski definition) is 1. The van der Waals surface area contributed by atoms with Gasteiger partial charge < -0.3 is 5.32 Å². The van der Waals surface area contributed by atoms with Gasteiger partial charge in [-0.3, -0.25) is 14.2 Å². The number of hydrogen-bond acceptors (Lipinski definition) is 3. The Morgan fingerprint density at radius 1 is 1.13 bits per heavy atom. The summed E-state index contributed by atoms with van der Waals surface area (Å²) in [7, 11) is 1.62. The second kappa shape index (κ2) is 7.25. The lowest BCUT2D eigenvalue weighted by molar-refractivity contribution is 0.0957. The number of nitrogens with zero attached hydrogens (tertiary/aromatic N) is 3. The number of benzene rings is 2. The summed E-state index contributed by atoms with van der Waals surface area (Å²) < 4.78 is 4.28. The lowest BCUT2D eigenvalue weighted by Gasteiger charge is -2.12. The first kappa shape index (κ1) is 18.8. The number of aromatic nitrogens is 3. The summed E-state index contributed by atoms with van der Waals surface area (Å²) in [5.74, 6) is 0.192. The second-order valence-electron chi connectivity index (χ2n) is 7.43. The van der Waals surface area contributed by atoms with Crippen LogP contribution in [0.5, 0.6) is 0 Å². The van der Waals surface area contributed by atoms with E-state index < -0.39 is 0 Å². The third-order valence-electron chi connectivity index (χ3n) is 5.43. The largest absolute Gasteiger partial charge is 0.354 e. The van der Waals surface area contributed by atoms with E-state index in [4.69, 9.17) is 5.10 Å². The predicted molar refractivity (Wildman–Crippen MR) is 120 cm³/mol. The highest BCUT2D eigenvalue weighted by atomic mass is 79.9. The molecule has 2 aromatic carbocycles. The summed E-state index contributed by atoms with van der Waals surface area (Å²) in [4.78, 5) is 25.3. The van der Waals surface area contributed by atoms with Crippen LogP contribution in [0, 0.1) is 0 Å². The minimum atomic E-state index is -0.202. The second-order valence-corrected chi connectivity index (χ2v) is 8.34. The first-order valence-electron chi connectivity index (χ1n) is 9.79. The van der Waals surface area contributed by atoms with Crippen LogP contribution in [0.15, 0.2) is 70.1 Å². The molecule has 0 spiro atoms. The molecule has 5 rings (SSSR count). The van der Waals surface area contributed by atoms with Crippen molar-refractivity contribution >= 4 is 32.7 Å². The standard InChI is InChI=1S/C23H19BrN4O2/c1-25-23(30)22-18-12-17(14-5-6-14)20(27-11-3-2-4-21(27)29)13-19(18)26-28(22)16-9-7-15(24)8-10-16/h2-4,7-14H,5-6H2,1H3,(H,25,30). The van der Waals surface area contributed by atoms with E-state index in [1.807, 2.05) is 42.5 Å². The number of fused-ring (bicyclic) bond motifs is 1. The zero-order valence-electron chi connectivity index (χ0n) is 16.3. The molecule has 2 aromatic heterocycles. The van der Waals surface area contributed by atoms with Crippen molar-refractivity contribution in [3.63, 3.8) is 0 Å². The van der Waals surface area contributed by atoms with Gasteiger partial charge in [-0.25, -0.2) is 4.68 Å². The van der Waals surface area contributed by atoms with Crippen LogP contribution >= 0.6 is 15.9 Å². The van der Waals surface area contributed by atoms with Crippen molar-refractivity contribution in [1.29, 1.82) is 0 Å². The van der Waals surface area contributed by atoms with Gasteiger partial charge in [0.15, 0.2) is 0 Å². The number of rotatable bonds is 4. The fraction of sp³-hybridized carbons (Fsp3) is 0.174. The fourth-order valence-corrected chi connectivity index (χ4v) is 4.06. The minimum Gasteiger partial charge on any atom is -0.354 e. The lowest BCUT2D eigenvalue weighted by atomic mass is 10.0. The molecule has 150 valence electrons. The van der Waals surface area contributed by atoms with E-state index in [-0.39, 0.29) is 11.5 Å². The molecule has 1 amide bonds. The van der Waals surface area contributed by atoms with Crippen LogP contribution in [0.3, 0.4) is 0 Å². The van der Waals surface area contributed by atoms with Crippen molar-refractivity contribution in [2.75, 3.05) is 7.05 Å². The Kier molecular flexibility index (Phi) is 4.55. The maximum absolute atomic E-state index is 12.8. The van der Waals surface area contributed by atoms with Gasteiger partial charge in [-0.2, -0.15) is 5.10 Å². The molecule has 7 heteroatoms. The van der Waals surface area contributed by atoms with Gasteiger partial charge in [0.05, 0.1) is 16.9 Å². The topological polar surface area (TPSA) is 68.9 Å². The Morgan fingerprint density at radius 3 is 2.57 bits per heavy atom. The smallest absolute Gasteiger partial charge is 0.270 e. The number of carbonyl (C=O) groups excluding carboxylic acids is 1. The molecule has 1 fully saturated rings. The average molecular weight is 463 g/mol. The van der Waals surface area contributed by atoms with Gasteiger partial charge in [-0.05, 0) is 66.8 Å². The molecule has 1 aliphatic carbocycles. The number of halogens is 1. The van der Waals surface area contributed by atoms with Gasteiger partial charge in [0, 0.05) is 29.2 Å². The van der Waals surface area contributed by atoms with E-state index in [1.165, 1.54) is 0 Å². The summed E-state index contributed by atoms with van der Waals surface area (Å²) in [5.41, 5.74) is 3.78. The SMILES string of the molecule is CNC(=O)c1c2cc(C3CC3)c(-n3ccccc3=O)cc2nn1-c1ccc(Br)cc1. The summed E-state index contributed by atoms with van der Waals surface area (Å²) in [6.45, 7) is 0. The quantitative estimate of drug-likeness (QED) is 0.494. The van der Waals surface area contributed by atoms with E-state index in [1.54, 1.807) is 34.6 Å². The zero-order chi connectivity index (χ0) is 20.8. The molecular formula is C23H19BrN4O2. The van der Waals surface area contributed by atoms with Crippen LogP contribution in [-0.2, 0) is 0 Å². The van der Waals surface area contributed by atoms with Gasteiger partial charge >= 0.3 is 0 Å². The fourth-order valence-electron chi connectivity index (χ4n) is 3.80. The average Bonchev–Trinajstić information content (AvgIpc) is 3.54. The zero-order valence-corrected chi connectivity index (χ0v) is 17.9. The molecule has 1 N–H and O–H groups in total. The Labute approximate surface area is 181 Å². The summed E-state index contributed by atoms with van der Waals surface area (Å²) in [6, 6.07) is 16.7. The van der Waals surface area contributed by atoms with Crippen LogP contribution in [0.4, 0.5) is 0 Å². The molecule has 0 aliphatic heterocycles. The first-order chi connectivity index (χ1) is 14.6. The van der Waals surface area contributed by atoms with E-state index in [9.17, 15) is 9.59 Å². The Morgan fingerprint density at radius 2 is 1.90 bits per heavy atom. The molecular weight excluding hydrogens is 444 g/mol. The Bertz CT molecular complexity index is 1330. The van der Waals surface area contributed by atoms with Crippen molar-refractivity contribution in [2.45, 2.75) is 18.8 Å². The normalized spacial score (nSPS) is 13.5. The Balaban J connectivity index is 1.81. The molecule has 0 radical (unpaired) electrons. The summed E-state index contributed by atoms with van der Waals surface area (Å²) in [6.07, 6.45) is 3.94. The summed E-state index contributed by atoms with van der Waals surface area (Å²) >= 11 is 3.45. The Hall–Kier alpha value is -3.19. The van der Waals surface area contributed by atoms with Crippen molar-refractivity contribution in [2.24, 2.45) is 0 Å². The van der Waals surface area contributed by atoms with Crippen molar-refractivity contribution in [3.8, 4) is 11.4 Å². The van der Waals surface area contributed by atoms with Gasteiger partial charge in [0.25, 0.3) is 11.5 Å². The van der Waals surface area contributed by atoms with E-state index in [2.05, 4.69) is 21.2 Å². The molecule has 4 aromatic rings. The molecule has 0 unspecified atom stereocenters. The van der Waals surface area contributed by atoms with Gasteiger partial charge in [0.1, 0.15) is 5.69 Å². The molecule has 30 heavy (non-hydrogen) atoms. The van der Waals surface area contributed by atoms with Crippen LogP contribution in [-0.4, -0.2) is 27.3 Å². The highest BCUT2D eigenvalue weighted by molar-refractivity contribution is 9.10. The number of carbonyl (C=O) groups is 1.